The van der Waals surface area contributed by atoms with Crippen molar-refractivity contribution in [3.05, 3.63) is 35.9 Å². The lowest BCUT2D eigenvalue weighted by molar-refractivity contribution is -0.129. The Labute approximate surface area is 171 Å². The summed E-state index contributed by atoms with van der Waals surface area (Å²) in [5, 5.41) is 10.3. The second-order valence-corrected chi connectivity index (χ2v) is 11.0. The summed E-state index contributed by atoms with van der Waals surface area (Å²) in [6.07, 6.45) is 2.69. The van der Waals surface area contributed by atoms with Crippen molar-refractivity contribution in [1.82, 2.24) is 24.8 Å². The molecule has 1 aromatic rings. The number of fused-ring (bicyclic) bond motifs is 2. The van der Waals surface area contributed by atoms with Gasteiger partial charge < -0.3 is 10.6 Å². The molecule has 2 aliphatic rings. The van der Waals surface area contributed by atoms with Crippen molar-refractivity contribution in [2.45, 2.75) is 12.8 Å². The van der Waals surface area contributed by atoms with E-state index in [1.807, 2.05) is 48.4 Å². The Kier molecular flexibility index (Phi) is 7.18. The van der Waals surface area contributed by atoms with Gasteiger partial charge in [-0.3, -0.25) is 9.59 Å². The highest BCUT2D eigenvalue weighted by molar-refractivity contribution is 8.11. The van der Waals surface area contributed by atoms with Crippen LogP contribution in [0.1, 0.15) is 18.4 Å². The minimum Gasteiger partial charge on any atom is -0.354 e. The lowest BCUT2D eigenvalue weighted by Gasteiger charge is -2.49. The largest absolute Gasteiger partial charge is 0.354 e. The minimum absolute atomic E-state index is 0.130. The smallest absolute Gasteiger partial charge is 0.229 e. The number of hydrogen-bond acceptors (Lipinski definition) is 4. The van der Waals surface area contributed by atoms with E-state index in [2.05, 4.69) is 25.1 Å². The third-order valence-corrected chi connectivity index (χ3v) is 10.1. The highest BCUT2D eigenvalue weighted by Gasteiger charge is 2.39. The van der Waals surface area contributed by atoms with Crippen LogP contribution in [0.25, 0.3) is 0 Å². The van der Waals surface area contributed by atoms with Gasteiger partial charge in [0.05, 0.1) is 6.21 Å². The van der Waals surface area contributed by atoms with Gasteiger partial charge in [-0.25, -0.2) is 14.1 Å². The standard InChI is InChI=1S/C18H27N6O2PS/c1-22(21-15-16-6-3-2-4-7-16)27(28)23-10-5-11-24(27)13-9-20-18(26)14-17(25)19-8-12-23/h2-4,6-7,15H,5,8-14H2,1H3,(H,19,25)(H,20,26)/b21-15+. The normalized spacial score (nSPS) is 29.3. The van der Waals surface area contributed by atoms with Gasteiger partial charge in [0.25, 0.3) is 0 Å². The first-order chi connectivity index (χ1) is 13.5. The average molecular weight is 422 g/mol. The van der Waals surface area contributed by atoms with Crippen LogP contribution in [-0.2, 0) is 21.4 Å². The molecule has 2 saturated heterocycles. The molecule has 2 heterocycles. The molecule has 3 rings (SSSR count). The Bertz CT molecular complexity index is 743. The molecule has 0 spiro atoms. The molecular weight excluding hydrogens is 395 g/mol. The molecule has 0 aromatic heterocycles. The number of hydrogen-bond donors (Lipinski definition) is 2. The SMILES string of the molecule is CN(/N=C/c1ccccc1)P1(=S)N2CCCN1CCNC(=O)CC(=O)NCC2. The third kappa shape index (κ3) is 4.97. The molecule has 0 aliphatic carbocycles. The molecule has 2 atom stereocenters. The molecule has 8 nitrogen and oxygen atoms in total. The summed E-state index contributed by atoms with van der Waals surface area (Å²) in [6, 6.07) is 9.92. The van der Waals surface area contributed by atoms with Gasteiger partial charge in [-0.2, -0.15) is 5.10 Å². The molecule has 0 radical (unpaired) electrons. The summed E-state index contributed by atoms with van der Waals surface area (Å²) in [7, 11) is 1.93. The Morgan fingerprint density at radius 3 is 2.18 bits per heavy atom. The van der Waals surface area contributed by atoms with E-state index >= 15 is 0 Å². The number of amides is 2. The predicted octanol–water partition coefficient (Wildman–Crippen LogP) is 0.821. The molecule has 1 aromatic carbocycles. The maximum Gasteiger partial charge on any atom is 0.229 e. The van der Waals surface area contributed by atoms with Crippen LogP contribution >= 0.6 is 6.49 Å². The van der Waals surface area contributed by atoms with E-state index in [1.54, 1.807) is 0 Å². The van der Waals surface area contributed by atoms with E-state index in [9.17, 15) is 9.59 Å². The fraction of sp³-hybridized carbons (Fsp3) is 0.500. The number of nitrogens with zero attached hydrogens (tertiary/aromatic N) is 4. The number of benzene rings is 1. The molecule has 2 aliphatic heterocycles. The van der Waals surface area contributed by atoms with Crippen molar-refractivity contribution >= 4 is 36.3 Å². The molecule has 28 heavy (non-hydrogen) atoms. The van der Waals surface area contributed by atoms with E-state index in [4.69, 9.17) is 11.8 Å². The Hall–Kier alpha value is -1.80. The number of hydrazone groups is 1. The van der Waals surface area contributed by atoms with Gasteiger partial charge in [-0.15, -0.1) is 0 Å². The van der Waals surface area contributed by atoms with Crippen molar-refractivity contribution in [2.24, 2.45) is 5.10 Å². The van der Waals surface area contributed by atoms with Crippen LogP contribution in [0.2, 0.25) is 0 Å². The van der Waals surface area contributed by atoms with Gasteiger partial charge in [0.2, 0.25) is 11.8 Å². The van der Waals surface area contributed by atoms with Crippen LogP contribution in [0.4, 0.5) is 0 Å². The van der Waals surface area contributed by atoms with E-state index in [0.717, 1.165) is 25.1 Å². The molecule has 2 fully saturated rings. The number of nitrogens with one attached hydrogen (secondary N) is 2. The predicted molar refractivity (Wildman–Crippen MR) is 114 cm³/mol. The second-order valence-electron chi connectivity index (χ2n) is 6.80. The van der Waals surface area contributed by atoms with Gasteiger partial charge in [-0.05, 0) is 23.8 Å². The Morgan fingerprint density at radius 1 is 1.04 bits per heavy atom. The molecular formula is C18H27N6O2PS. The fourth-order valence-corrected chi connectivity index (χ4v) is 7.31. The topological polar surface area (TPSA) is 80.3 Å². The van der Waals surface area contributed by atoms with E-state index < -0.39 is 6.49 Å². The van der Waals surface area contributed by atoms with E-state index in [-0.39, 0.29) is 18.2 Å². The summed E-state index contributed by atoms with van der Waals surface area (Å²) in [4.78, 5) is 23.8. The zero-order valence-electron chi connectivity index (χ0n) is 16.1. The van der Waals surface area contributed by atoms with E-state index in [0.29, 0.717) is 26.2 Å². The first-order valence-electron chi connectivity index (χ1n) is 9.47. The summed E-state index contributed by atoms with van der Waals surface area (Å²) >= 11 is 6.22. The van der Waals surface area contributed by atoms with Gasteiger partial charge in [0.1, 0.15) is 6.42 Å². The second kappa shape index (κ2) is 9.60. The van der Waals surface area contributed by atoms with Crippen LogP contribution in [0.3, 0.4) is 0 Å². The highest BCUT2D eigenvalue weighted by Crippen LogP contribution is 2.57. The molecule has 2 amide bonds. The van der Waals surface area contributed by atoms with Crippen LogP contribution < -0.4 is 10.6 Å². The van der Waals surface area contributed by atoms with Crippen molar-refractivity contribution in [3.63, 3.8) is 0 Å². The van der Waals surface area contributed by atoms with Crippen molar-refractivity contribution in [2.75, 3.05) is 46.3 Å². The van der Waals surface area contributed by atoms with Crippen molar-refractivity contribution < 1.29 is 9.59 Å². The van der Waals surface area contributed by atoms with E-state index in [1.165, 1.54) is 0 Å². The zero-order valence-corrected chi connectivity index (χ0v) is 17.8. The first-order valence-corrected chi connectivity index (χ1v) is 12.1. The highest BCUT2D eigenvalue weighted by atomic mass is 32.4. The quantitative estimate of drug-likeness (QED) is 0.325. The maximum absolute atomic E-state index is 11.9. The number of carbonyl (C=O) groups excluding carboxylic acids is 2. The lowest BCUT2D eigenvalue weighted by atomic mass is 10.2. The molecule has 2 unspecified atom stereocenters. The summed E-state index contributed by atoms with van der Waals surface area (Å²) in [5.41, 5.74) is 1.01. The number of rotatable bonds is 3. The van der Waals surface area contributed by atoms with Crippen LogP contribution in [0.5, 0.6) is 0 Å². The summed E-state index contributed by atoms with van der Waals surface area (Å²) in [5.74, 6) is -0.508. The zero-order chi connectivity index (χ0) is 20.0. The summed E-state index contributed by atoms with van der Waals surface area (Å²) in [6.45, 7) is 1.66. The summed E-state index contributed by atoms with van der Waals surface area (Å²) < 4.78 is 6.46. The molecule has 2 N–H and O–H groups in total. The first kappa shape index (κ1) is 20.9. The molecule has 152 valence electrons. The van der Waals surface area contributed by atoms with Crippen molar-refractivity contribution in [3.8, 4) is 0 Å². The van der Waals surface area contributed by atoms with Crippen molar-refractivity contribution in [1.29, 1.82) is 0 Å². The minimum atomic E-state index is -2.31. The fourth-order valence-electron chi connectivity index (χ4n) is 3.40. The van der Waals surface area contributed by atoms with Crippen LogP contribution in [0, 0.1) is 0 Å². The van der Waals surface area contributed by atoms with Gasteiger partial charge >= 0.3 is 0 Å². The lowest BCUT2D eigenvalue weighted by Crippen LogP contribution is -2.49. The maximum atomic E-state index is 11.9. The Morgan fingerprint density at radius 2 is 1.61 bits per heavy atom. The van der Waals surface area contributed by atoms with Gasteiger partial charge in [0, 0.05) is 46.3 Å². The number of carbonyl (C=O) groups is 2. The van der Waals surface area contributed by atoms with Gasteiger partial charge in [-0.1, -0.05) is 30.3 Å². The van der Waals surface area contributed by atoms with Crippen LogP contribution in [-0.4, -0.2) is 78.5 Å². The molecule has 10 heteroatoms. The third-order valence-electron chi connectivity index (χ3n) is 4.83. The van der Waals surface area contributed by atoms with Gasteiger partial charge in [0.15, 0.2) is 6.49 Å². The molecule has 0 saturated carbocycles. The van der Waals surface area contributed by atoms with Crippen LogP contribution in [0.15, 0.2) is 35.4 Å². The monoisotopic (exact) mass is 422 g/mol. The molecule has 2 bridgehead atoms. The Balaban J connectivity index is 1.83. The average Bonchev–Trinajstić information content (AvgIpc) is 2.68.